The quantitative estimate of drug-likeness (QED) is 0.706. The Morgan fingerprint density at radius 1 is 1.00 bits per heavy atom. The standard InChI is InChI=1S/C17H16F3N3/c1-10(2)15(17(18,19)20)23-16-12-6-4-3-5-11(12)13-9-21-8-7-14(13)22-16/h3-10,15H,1-2H3,(H,22,23)/t15-/m1/s1. The minimum Gasteiger partial charge on any atom is -0.358 e. The molecule has 0 saturated carbocycles. The van der Waals surface area contributed by atoms with Gasteiger partial charge in [0.25, 0.3) is 0 Å². The lowest BCUT2D eigenvalue weighted by Gasteiger charge is -2.26. The van der Waals surface area contributed by atoms with E-state index >= 15 is 0 Å². The lowest BCUT2D eigenvalue weighted by Crippen LogP contribution is -2.40. The number of hydrogen-bond donors (Lipinski definition) is 1. The molecule has 1 N–H and O–H groups in total. The van der Waals surface area contributed by atoms with Crippen molar-refractivity contribution in [2.45, 2.75) is 26.1 Å². The van der Waals surface area contributed by atoms with Crippen molar-refractivity contribution in [3.05, 3.63) is 42.7 Å². The molecule has 23 heavy (non-hydrogen) atoms. The third kappa shape index (κ3) is 2.93. The number of fused-ring (bicyclic) bond motifs is 3. The zero-order valence-corrected chi connectivity index (χ0v) is 12.7. The molecule has 0 fully saturated rings. The monoisotopic (exact) mass is 319 g/mol. The minimum atomic E-state index is -4.34. The highest BCUT2D eigenvalue weighted by molar-refractivity contribution is 6.09. The SMILES string of the molecule is CC(C)[C@@H](Nc1nc2ccncc2c2ccccc12)C(F)(F)F. The number of rotatable bonds is 3. The molecule has 0 aliphatic carbocycles. The Kier molecular flexibility index (Phi) is 3.83. The molecule has 6 heteroatoms. The van der Waals surface area contributed by atoms with Gasteiger partial charge < -0.3 is 5.32 Å². The Balaban J connectivity index is 2.19. The maximum absolute atomic E-state index is 13.3. The van der Waals surface area contributed by atoms with Gasteiger partial charge in [-0.05, 0) is 17.4 Å². The van der Waals surface area contributed by atoms with Gasteiger partial charge in [-0.3, -0.25) is 4.98 Å². The summed E-state index contributed by atoms with van der Waals surface area (Å²) in [5, 5.41) is 4.90. The van der Waals surface area contributed by atoms with Crippen LogP contribution in [0, 0.1) is 5.92 Å². The first-order chi connectivity index (χ1) is 10.9. The first kappa shape index (κ1) is 15.5. The molecule has 0 unspecified atom stereocenters. The molecule has 2 heterocycles. The van der Waals surface area contributed by atoms with Crippen molar-refractivity contribution in [1.82, 2.24) is 9.97 Å². The van der Waals surface area contributed by atoms with Gasteiger partial charge in [-0.1, -0.05) is 38.1 Å². The Morgan fingerprint density at radius 3 is 2.35 bits per heavy atom. The van der Waals surface area contributed by atoms with Crippen molar-refractivity contribution in [2.75, 3.05) is 5.32 Å². The van der Waals surface area contributed by atoms with E-state index in [4.69, 9.17) is 0 Å². The van der Waals surface area contributed by atoms with E-state index < -0.39 is 18.1 Å². The van der Waals surface area contributed by atoms with E-state index in [1.54, 1.807) is 30.6 Å². The van der Waals surface area contributed by atoms with Crippen LogP contribution < -0.4 is 5.32 Å². The van der Waals surface area contributed by atoms with Crippen LogP contribution in [0.15, 0.2) is 42.7 Å². The number of hydrogen-bond acceptors (Lipinski definition) is 3. The number of anilines is 1. The van der Waals surface area contributed by atoms with Gasteiger partial charge in [0.05, 0.1) is 5.52 Å². The van der Waals surface area contributed by atoms with Gasteiger partial charge in [0.1, 0.15) is 11.9 Å². The number of halogens is 3. The first-order valence-electron chi connectivity index (χ1n) is 7.33. The average Bonchev–Trinajstić information content (AvgIpc) is 2.51. The molecule has 0 aliphatic heterocycles. The van der Waals surface area contributed by atoms with Gasteiger partial charge in [0.2, 0.25) is 0 Å². The summed E-state index contributed by atoms with van der Waals surface area (Å²) in [4.78, 5) is 8.47. The molecule has 0 bridgehead atoms. The van der Waals surface area contributed by atoms with Crippen molar-refractivity contribution < 1.29 is 13.2 Å². The van der Waals surface area contributed by atoms with Crippen molar-refractivity contribution in [3.8, 4) is 0 Å². The molecule has 120 valence electrons. The largest absolute Gasteiger partial charge is 0.408 e. The third-order valence-corrected chi connectivity index (χ3v) is 3.81. The number of nitrogens with zero attached hydrogens (tertiary/aromatic N) is 2. The van der Waals surface area contributed by atoms with E-state index in [1.807, 2.05) is 12.1 Å². The van der Waals surface area contributed by atoms with Gasteiger partial charge in [0.15, 0.2) is 0 Å². The van der Waals surface area contributed by atoms with E-state index in [0.29, 0.717) is 10.9 Å². The average molecular weight is 319 g/mol. The van der Waals surface area contributed by atoms with E-state index in [1.165, 1.54) is 13.8 Å². The summed E-state index contributed by atoms with van der Waals surface area (Å²) < 4.78 is 39.8. The second-order valence-corrected chi connectivity index (χ2v) is 5.81. The summed E-state index contributed by atoms with van der Waals surface area (Å²) in [5.41, 5.74) is 0.617. The first-order valence-corrected chi connectivity index (χ1v) is 7.33. The second kappa shape index (κ2) is 5.68. The van der Waals surface area contributed by atoms with Crippen LogP contribution in [-0.2, 0) is 0 Å². The zero-order chi connectivity index (χ0) is 16.6. The predicted molar refractivity (Wildman–Crippen MR) is 85.3 cm³/mol. The lowest BCUT2D eigenvalue weighted by atomic mass is 10.0. The van der Waals surface area contributed by atoms with Crippen LogP contribution in [0.2, 0.25) is 0 Å². The lowest BCUT2D eigenvalue weighted by molar-refractivity contribution is -0.150. The fraction of sp³-hybridized carbons (Fsp3) is 0.294. The molecule has 1 atom stereocenters. The van der Waals surface area contributed by atoms with E-state index in [9.17, 15) is 13.2 Å². The highest BCUT2D eigenvalue weighted by Crippen LogP contribution is 2.33. The maximum atomic E-state index is 13.3. The number of pyridine rings is 2. The summed E-state index contributed by atoms with van der Waals surface area (Å²) in [6, 6.07) is 7.31. The van der Waals surface area contributed by atoms with Crippen molar-refractivity contribution in [2.24, 2.45) is 5.92 Å². The number of alkyl halides is 3. The van der Waals surface area contributed by atoms with Crippen LogP contribution in [0.4, 0.5) is 19.0 Å². The van der Waals surface area contributed by atoms with Crippen molar-refractivity contribution in [1.29, 1.82) is 0 Å². The molecule has 0 aliphatic rings. The fourth-order valence-corrected chi connectivity index (χ4v) is 2.68. The van der Waals surface area contributed by atoms with Gasteiger partial charge in [0, 0.05) is 23.2 Å². The topological polar surface area (TPSA) is 37.8 Å². The summed E-state index contributed by atoms with van der Waals surface area (Å²) in [6.45, 7) is 3.08. The van der Waals surface area contributed by atoms with E-state index in [2.05, 4.69) is 15.3 Å². The minimum absolute atomic E-state index is 0.246. The van der Waals surface area contributed by atoms with Gasteiger partial charge in [-0.2, -0.15) is 13.2 Å². The number of benzene rings is 1. The summed E-state index contributed by atoms with van der Waals surface area (Å²) >= 11 is 0. The van der Waals surface area contributed by atoms with Gasteiger partial charge in [-0.25, -0.2) is 4.98 Å². The van der Waals surface area contributed by atoms with E-state index in [-0.39, 0.29) is 5.82 Å². The molecule has 3 aromatic rings. The fourth-order valence-electron chi connectivity index (χ4n) is 2.68. The predicted octanol–water partition coefficient (Wildman–Crippen LogP) is 4.78. The van der Waals surface area contributed by atoms with Crippen molar-refractivity contribution in [3.63, 3.8) is 0 Å². The van der Waals surface area contributed by atoms with Crippen LogP contribution in [-0.4, -0.2) is 22.2 Å². The molecule has 0 spiro atoms. The van der Waals surface area contributed by atoms with Crippen LogP contribution in [0.5, 0.6) is 0 Å². The van der Waals surface area contributed by atoms with Gasteiger partial charge in [-0.15, -0.1) is 0 Å². The number of nitrogens with one attached hydrogen (secondary N) is 1. The smallest absolute Gasteiger partial charge is 0.358 e. The van der Waals surface area contributed by atoms with Crippen LogP contribution >= 0.6 is 0 Å². The van der Waals surface area contributed by atoms with Crippen molar-refractivity contribution >= 4 is 27.5 Å². The van der Waals surface area contributed by atoms with Gasteiger partial charge >= 0.3 is 6.18 Å². The maximum Gasteiger partial charge on any atom is 0.408 e. The highest BCUT2D eigenvalue weighted by atomic mass is 19.4. The number of aromatic nitrogens is 2. The molecular weight excluding hydrogens is 303 g/mol. The highest BCUT2D eigenvalue weighted by Gasteiger charge is 2.42. The Hall–Kier alpha value is -2.37. The molecule has 2 aromatic heterocycles. The molecule has 1 aromatic carbocycles. The summed E-state index contributed by atoms with van der Waals surface area (Å²) in [6.07, 6.45) is -1.08. The molecule has 3 nitrogen and oxygen atoms in total. The molecular formula is C17H16F3N3. The second-order valence-electron chi connectivity index (χ2n) is 5.81. The van der Waals surface area contributed by atoms with Crippen LogP contribution in [0.1, 0.15) is 13.8 Å². The van der Waals surface area contributed by atoms with Crippen LogP contribution in [0.25, 0.3) is 21.7 Å². The normalized spacial score (nSPS) is 13.7. The molecule has 0 saturated heterocycles. The Bertz CT molecular complexity index is 843. The summed E-state index contributed by atoms with van der Waals surface area (Å²) in [5.74, 6) is -0.362. The third-order valence-electron chi connectivity index (χ3n) is 3.81. The summed E-state index contributed by atoms with van der Waals surface area (Å²) in [7, 11) is 0. The molecule has 3 rings (SSSR count). The molecule has 0 amide bonds. The molecule has 0 radical (unpaired) electrons. The van der Waals surface area contributed by atoms with E-state index in [0.717, 1.165) is 10.8 Å². The van der Waals surface area contributed by atoms with Crippen LogP contribution in [0.3, 0.4) is 0 Å². The zero-order valence-electron chi connectivity index (χ0n) is 12.7. The Labute approximate surface area is 131 Å². The Morgan fingerprint density at radius 2 is 1.70 bits per heavy atom.